The van der Waals surface area contributed by atoms with Crippen LogP contribution in [0.5, 0.6) is 17.2 Å². The van der Waals surface area contributed by atoms with Gasteiger partial charge in [0.2, 0.25) is 6.79 Å². The third-order valence-corrected chi connectivity index (χ3v) is 5.92. The molecule has 0 saturated carbocycles. The molecule has 0 amide bonds. The maximum absolute atomic E-state index is 13.0. The quantitative estimate of drug-likeness (QED) is 0.863. The van der Waals surface area contributed by atoms with Crippen molar-refractivity contribution in [3.8, 4) is 17.2 Å². The van der Waals surface area contributed by atoms with Crippen molar-refractivity contribution in [3.05, 3.63) is 40.4 Å². The topological polar surface area (TPSA) is 76.1 Å². The number of sulfonamides is 1. The molecule has 0 fully saturated rings. The van der Waals surface area contributed by atoms with Crippen molar-refractivity contribution < 1.29 is 23.0 Å². The summed E-state index contributed by atoms with van der Waals surface area (Å²) in [6.45, 7) is 1.89. The van der Waals surface area contributed by atoms with E-state index in [1.165, 1.54) is 6.07 Å². The molecule has 1 aliphatic rings. The summed E-state index contributed by atoms with van der Waals surface area (Å²) in [5, 5.41) is 10.0. The van der Waals surface area contributed by atoms with Crippen LogP contribution in [0.3, 0.4) is 0 Å². The van der Waals surface area contributed by atoms with Crippen molar-refractivity contribution in [2.45, 2.75) is 11.8 Å². The average Bonchev–Trinajstić information content (AvgIpc) is 2.99. The second kappa shape index (κ2) is 6.23. The lowest BCUT2D eigenvalue weighted by atomic mass is 10.3. The highest BCUT2D eigenvalue weighted by atomic mass is 35.5. The van der Waals surface area contributed by atoms with Crippen molar-refractivity contribution in [2.75, 3.05) is 17.6 Å². The first kappa shape index (κ1) is 17.0. The zero-order chi connectivity index (χ0) is 17.5. The molecule has 24 heavy (non-hydrogen) atoms. The van der Waals surface area contributed by atoms with Crippen LogP contribution in [0.4, 0.5) is 5.69 Å². The number of phenols is 1. The van der Waals surface area contributed by atoms with E-state index in [2.05, 4.69) is 0 Å². The van der Waals surface area contributed by atoms with Gasteiger partial charge in [-0.1, -0.05) is 23.2 Å². The minimum Gasteiger partial charge on any atom is -0.505 e. The summed E-state index contributed by atoms with van der Waals surface area (Å²) < 4.78 is 37.6. The zero-order valence-electron chi connectivity index (χ0n) is 12.5. The molecule has 1 N–H and O–H groups in total. The first-order valence-corrected chi connectivity index (χ1v) is 9.14. The molecule has 0 radical (unpaired) electrons. The molecule has 9 heteroatoms. The van der Waals surface area contributed by atoms with Crippen molar-refractivity contribution in [2.24, 2.45) is 0 Å². The maximum atomic E-state index is 13.0. The van der Waals surface area contributed by atoms with Gasteiger partial charge < -0.3 is 14.6 Å². The van der Waals surface area contributed by atoms with E-state index in [-0.39, 0.29) is 28.3 Å². The Morgan fingerprint density at radius 2 is 1.88 bits per heavy atom. The number of fused-ring (bicyclic) bond motifs is 1. The van der Waals surface area contributed by atoms with E-state index in [0.717, 1.165) is 10.4 Å². The molecule has 128 valence electrons. The van der Waals surface area contributed by atoms with Crippen LogP contribution in [0.1, 0.15) is 6.92 Å². The van der Waals surface area contributed by atoms with Gasteiger partial charge in [-0.2, -0.15) is 0 Å². The zero-order valence-corrected chi connectivity index (χ0v) is 14.8. The monoisotopic (exact) mass is 389 g/mol. The highest BCUT2D eigenvalue weighted by molar-refractivity contribution is 7.93. The third kappa shape index (κ3) is 2.83. The Kier molecular flexibility index (Phi) is 4.42. The van der Waals surface area contributed by atoms with Crippen molar-refractivity contribution in [1.29, 1.82) is 0 Å². The molecule has 1 heterocycles. The molecule has 3 rings (SSSR count). The summed E-state index contributed by atoms with van der Waals surface area (Å²) in [5.41, 5.74) is 0.372. The van der Waals surface area contributed by atoms with E-state index in [4.69, 9.17) is 32.7 Å². The van der Waals surface area contributed by atoms with E-state index in [1.807, 2.05) is 0 Å². The number of benzene rings is 2. The SMILES string of the molecule is CCN(c1ccc2c(c1)OCO2)S(=O)(=O)c1cc(Cl)cc(Cl)c1O. The molecule has 0 atom stereocenters. The number of nitrogens with zero attached hydrogens (tertiary/aromatic N) is 1. The second-order valence-corrected chi connectivity index (χ2v) is 7.62. The van der Waals surface area contributed by atoms with Crippen LogP contribution in [0.25, 0.3) is 0 Å². The third-order valence-electron chi connectivity index (χ3n) is 3.49. The van der Waals surface area contributed by atoms with Crippen molar-refractivity contribution in [3.63, 3.8) is 0 Å². The van der Waals surface area contributed by atoms with Gasteiger partial charge in [0, 0.05) is 17.6 Å². The minimum atomic E-state index is -4.08. The van der Waals surface area contributed by atoms with Crippen molar-refractivity contribution in [1.82, 2.24) is 0 Å². The summed E-state index contributed by atoms with van der Waals surface area (Å²) in [6, 6.07) is 7.22. The highest BCUT2D eigenvalue weighted by Crippen LogP contribution is 2.40. The van der Waals surface area contributed by atoms with E-state index < -0.39 is 15.8 Å². The smallest absolute Gasteiger partial charge is 0.268 e. The predicted molar refractivity (Wildman–Crippen MR) is 90.9 cm³/mol. The van der Waals surface area contributed by atoms with E-state index in [9.17, 15) is 13.5 Å². The molecular formula is C15H13Cl2NO5S. The normalized spacial score (nSPS) is 13.1. The molecule has 2 aromatic rings. The molecule has 0 unspecified atom stereocenters. The fourth-order valence-corrected chi connectivity index (χ4v) is 4.60. The second-order valence-electron chi connectivity index (χ2n) is 4.94. The fourth-order valence-electron chi connectivity index (χ4n) is 2.39. The standard InChI is InChI=1S/C15H13Cl2NO5S/c1-2-18(10-3-4-12-13(7-10)23-8-22-12)24(20,21)14-6-9(16)5-11(17)15(14)19/h3-7,19H,2,8H2,1H3. The van der Waals surface area contributed by atoms with Gasteiger partial charge in [-0.05, 0) is 31.2 Å². The first-order chi connectivity index (χ1) is 11.3. The molecule has 0 bridgehead atoms. The lowest BCUT2D eigenvalue weighted by Crippen LogP contribution is -2.30. The van der Waals surface area contributed by atoms with Gasteiger partial charge in [0.05, 0.1) is 10.7 Å². The van der Waals surface area contributed by atoms with Gasteiger partial charge in [-0.25, -0.2) is 8.42 Å². The van der Waals surface area contributed by atoms with Crippen LogP contribution in [0, 0.1) is 0 Å². The van der Waals surface area contributed by atoms with E-state index in [1.54, 1.807) is 25.1 Å². The van der Waals surface area contributed by atoms with Gasteiger partial charge in [0.25, 0.3) is 10.0 Å². The Hall–Kier alpha value is -1.83. The summed E-state index contributed by atoms with van der Waals surface area (Å²) in [6.07, 6.45) is 0. The number of halogens is 2. The number of ether oxygens (including phenoxy) is 2. The summed E-state index contributed by atoms with van der Waals surface area (Å²) in [5.74, 6) is 0.454. The highest BCUT2D eigenvalue weighted by Gasteiger charge is 2.29. The molecule has 0 aromatic heterocycles. The Labute approximate surface area is 149 Å². The lowest BCUT2D eigenvalue weighted by molar-refractivity contribution is 0.174. The molecule has 1 aliphatic heterocycles. The van der Waals surface area contributed by atoms with Crippen LogP contribution < -0.4 is 13.8 Å². The average molecular weight is 390 g/mol. The largest absolute Gasteiger partial charge is 0.505 e. The number of phenolic OH excluding ortho intramolecular Hbond substituents is 1. The minimum absolute atomic E-state index is 0.0857. The van der Waals surface area contributed by atoms with E-state index >= 15 is 0 Å². The van der Waals surface area contributed by atoms with Crippen LogP contribution in [-0.2, 0) is 10.0 Å². The van der Waals surface area contributed by atoms with Gasteiger partial charge in [-0.15, -0.1) is 0 Å². The molecule has 0 saturated heterocycles. The Balaban J connectivity index is 2.10. The fraction of sp³-hybridized carbons (Fsp3) is 0.200. The lowest BCUT2D eigenvalue weighted by Gasteiger charge is -2.23. The summed E-state index contributed by atoms with van der Waals surface area (Å²) >= 11 is 11.7. The van der Waals surface area contributed by atoms with E-state index in [0.29, 0.717) is 17.2 Å². The van der Waals surface area contributed by atoms with Gasteiger partial charge in [0.15, 0.2) is 17.2 Å². The number of rotatable bonds is 4. The Bertz CT molecular complexity index is 901. The van der Waals surface area contributed by atoms with Gasteiger partial charge in [0.1, 0.15) is 4.90 Å². The van der Waals surface area contributed by atoms with Crippen LogP contribution in [0.15, 0.2) is 35.2 Å². The number of anilines is 1. The van der Waals surface area contributed by atoms with Crippen LogP contribution in [0.2, 0.25) is 10.0 Å². The molecule has 0 spiro atoms. The number of hydrogen-bond donors (Lipinski definition) is 1. The predicted octanol–water partition coefficient (Wildman–Crippen LogP) is 3.64. The Morgan fingerprint density at radius 3 is 2.58 bits per heavy atom. The van der Waals surface area contributed by atoms with Crippen LogP contribution >= 0.6 is 23.2 Å². The molecular weight excluding hydrogens is 377 g/mol. The Morgan fingerprint density at radius 1 is 1.17 bits per heavy atom. The van der Waals surface area contributed by atoms with Gasteiger partial charge in [-0.3, -0.25) is 4.31 Å². The summed E-state index contributed by atoms with van der Waals surface area (Å²) in [7, 11) is -4.08. The van der Waals surface area contributed by atoms with Crippen LogP contribution in [-0.4, -0.2) is 26.9 Å². The summed E-state index contributed by atoms with van der Waals surface area (Å²) in [4.78, 5) is -0.362. The molecule has 6 nitrogen and oxygen atoms in total. The molecule has 0 aliphatic carbocycles. The first-order valence-electron chi connectivity index (χ1n) is 6.95. The molecule has 2 aromatic carbocycles. The maximum Gasteiger partial charge on any atom is 0.268 e. The van der Waals surface area contributed by atoms with Crippen molar-refractivity contribution >= 4 is 38.9 Å². The number of hydrogen-bond acceptors (Lipinski definition) is 5. The number of aromatic hydroxyl groups is 1. The van der Waals surface area contributed by atoms with Gasteiger partial charge >= 0.3 is 0 Å².